The molecule has 0 radical (unpaired) electrons. The van der Waals surface area contributed by atoms with Gasteiger partial charge in [-0.25, -0.2) is 9.37 Å². The van der Waals surface area contributed by atoms with Crippen molar-refractivity contribution in [3.8, 4) is 0 Å². The van der Waals surface area contributed by atoms with E-state index in [9.17, 15) is 9.18 Å². The Hall–Kier alpha value is -1.75. The maximum absolute atomic E-state index is 13.8. The quantitative estimate of drug-likeness (QED) is 0.912. The molecule has 0 fully saturated rings. The lowest BCUT2D eigenvalue weighted by Crippen LogP contribution is -2.16. The highest BCUT2D eigenvalue weighted by Gasteiger charge is 2.14. The monoisotopic (exact) mass is 322 g/mol. The summed E-state index contributed by atoms with van der Waals surface area (Å²) in [7, 11) is 0. The van der Waals surface area contributed by atoms with E-state index in [1.807, 2.05) is 13.0 Å². The van der Waals surface area contributed by atoms with Gasteiger partial charge < -0.3 is 5.32 Å². The molecule has 2 aromatic rings. The molecule has 1 heterocycles. The van der Waals surface area contributed by atoms with E-state index in [2.05, 4.69) is 26.2 Å². The van der Waals surface area contributed by atoms with Crippen molar-refractivity contribution in [2.45, 2.75) is 13.8 Å². The maximum Gasteiger partial charge on any atom is 0.259 e. The lowest BCUT2D eigenvalue weighted by atomic mass is 10.1. The molecule has 1 aromatic carbocycles. The van der Waals surface area contributed by atoms with Crippen molar-refractivity contribution in [2.24, 2.45) is 0 Å². The second-order valence-corrected chi connectivity index (χ2v) is 5.13. The van der Waals surface area contributed by atoms with Crippen molar-refractivity contribution in [3.63, 3.8) is 0 Å². The Morgan fingerprint density at radius 3 is 2.74 bits per heavy atom. The van der Waals surface area contributed by atoms with Gasteiger partial charge in [-0.15, -0.1) is 0 Å². The molecule has 1 amide bonds. The van der Waals surface area contributed by atoms with Gasteiger partial charge in [0.15, 0.2) is 0 Å². The number of nitrogens with zero attached hydrogens (tertiary/aromatic N) is 1. The summed E-state index contributed by atoms with van der Waals surface area (Å²) < 4.78 is 14.7. The molecule has 0 aliphatic heterocycles. The van der Waals surface area contributed by atoms with Gasteiger partial charge >= 0.3 is 0 Å². The van der Waals surface area contributed by atoms with Crippen LogP contribution >= 0.6 is 15.9 Å². The number of carbonyl (C=O) groups is 1. The Morgan fingerprint density at radius 1 is 1.32 bits per heavy atom. The molecule has 3 nitrogen and oxygen atoms in total. The first-order chi connectivity index (χ1) is 8.99. The molecule has 1 aromatic heterocycles. The van der Waals surface area contributed by atoms with Crippen molar-refractivity contribution < 1.29 is 9.18 Å². The summed E-state index contributed by atoms with van der Waals surface area (Å²) in [6.07, 6.45) is 1.58. The third kappa shape index (κ3) is 2.98. The average molecular weight is 323 g/mol. The Kier molecular flexibility index (Phi) is 3.95. The van der Waals surface area contributed by atoms with Gasteiger partial charge in [-0.1, -0.05) is 12.1 Å². The molecule has 0 unspecified atom stereocenters. The van der Waals surface area contributed by atoms with Crippen molar-refractivity contribution >= 4 is 27.7 Å². The molecule has 1 N–H and O–H groups in total. The van der Waals surface area contributed by atoms with Crippen LogP contribution in [0.5, 0.6) is 0 Å². The molecule has 0 aliphatic rings. The fourth-order valence-corrected chi connectivity index (χ4v) is 2.11. The minimum atomic E-state index is -0.505. The first-order valence-corrected chi connectivity index (χ1v) is 6.47. The van der Waals surface area contributed by atoms with E-state index in [-0.39, 0.29) is 5.56 Å². The van der Waals surface area contributed by atoms with Gasteiger partial charge in [0.1, 0.15) is 11.6 Å². The zero-order chi connectivity index (χ0) is 14.0. The Labute approximate surface area is 119 Å². The minimum Gasteiger partial charge on any atom is -0.306 e. The predicted molar refractivity (Wildman–Crippen MR) is 75.8 cm³/mol. The molecule has 0 bridgehead atoms. The van der Waals surface area contributed by atoms with Crippen LogP contribution in [0.3, 0.4) is 0 Å². The maximum atomic E-state index is 13.8. The van der Waals surface area contributed by atoms with Crippen LogP contribution in [0.15, 0.2) is 34.9 Å². The van der Waals surface area contributed by atoms with Crippen molar-refractivity contribution in [1.29, 1.82) is 0 Å². The van der Waals surface area contributed by atoms with Crippen LogP contribution in [-0.4, -0.2) is 10.9 Å². The highest BCUT2D eigenvalue weighted by atomic mass is 79.9. The number of pyridine rings is 1. The van der Waals surface area contributed by atoms with Gasteiger partial charge in [-0.05, 0) is 53.0 Å². The standard InChI is InChI=1S/C14H12BrFN2O/c1-8-4-3-5-11(12(8)16)14(19)18-13-9(2)6-10(15)7-17-13/h3-7H,1-2H3,(H,17,18,19). The number of carbonyl (C=O) groups excluding carboxylic acids is 1. The van der Waals surface area contributed by atoms with Crippen LogP contribution in [0.4, 0.5) is 10.2 Å². The molecular formula is C14H12BrFN2O. The molecule has 0 saturated heterocycles. The number of aromatic nitrogens is 1. The van der Waals surface area contributed by atoms with Gasteiger partial charge in [-0.3, -0.25) is 4.79 Å². The molecule has 5 heteroatoms. The zero-order valence-corrected chi connectivity index (χ0v) is 12.1. The summed E-state index contributed by atoms with van der Waals surface area (Å²) in [5.74, 6) is -0.581. The van der Waals surface area contributed by atoms with E-state index in [4.69, 9.17) is 0 Å². The Morgan fingerprint density at radius 2 is 2.05 bits per heavy atom. The van der Waals surface area contributed by atoms with Crippen LogP contribution < -0.4 is 5.32 Å². The fourth-order valence-electron chi connectivity index (χ4n) is 1.67. The summed E-state index contributed by atoms with van der Waals surface area (Å²) >= 11 is 3.29. The van der Waals surface area contributed by atoms with E-state index in [1.54, 1.807) is 25.3 Å². The van der Waals surface area contributed by atoms with Gasteiger partial charge in [0.2, 0.25) is 0 Å². The number of amides is 1. The summed E-state index contributed by atoms with van der Waals surface area (Å²) in [5.41, 5.74) is 1.26. The SMILES string of the molecule is Cc1cc(Br)cnc1NC(=O)c1cccc(C)c1F. The summed E-state index contributed by atoms with van der Waals surface area (Å²) in [4.78, 5) is 16.1. The predicted octanol–water partition coefficient (Wildman–Crippen LogP) is 3.85. The van der Waals surface area contributed by atoms with Gasteiger partial charge in [0.25, 0.3) is 5.91 Å². The third-order valence-electron chi connectivity index (χ3n) is 2.71. The van der Waals surface area contributed by atoms with Gasteiger partial charge in [-0.2, -0.15) is 0 Å². The second-order valence-electron chi connectivity index (χ2n) is 4.21. The number of nitrogens with one attached hydrogen (secondary N) is 1. The van der Waals surface area contributed by atoms with Crippen molar-refractivity contribution in [3.05, 3.63) is 57.4 Å². The zero-order valence-electron chi connectivity index (χ0n) is 10.5. The molecule has 0 saturated carbocycles. The van der Waals surface area contributed by atoms with Crippen molar-refractivity contribution in [2.75, 3.05) is 5.32 Å². The van der Waals surface area contributed by atoms with Crippen LogP contribution in [0.1, 0.15) is 21.5 Å². The molecule has 0 spiro atoms. The first kappa shape index (κ1) is 13.7. The van der Waals surface area contributed by atoms with E-state index < -0.39 is 11.7 Å². The molecular weight excluding hydrogens is 311 g/mol. The lowest BCUT2D eigenvalue weighted by molar-refractivity contribution is 0.102. The van der Waals surface area contributed by atoms with E-state index in [1.165, 1.54) is 6.07 Å². The summed E-state index contributed by atoms with van der Waals surface area (Å²) in [6, 6.07) is 6.55. The number of hydrogen-bond donors (Lipinski definition) is 1. The molecule has 0 aliphatic carbocycles. The van der Waals surface area contributed by atoms with Crippen LogP contribution in [0, 0.1) is 19.7 Å². The number of halogens is 2. The highest BCUT2D eigenvalue weighted by Crippen LogP contribution is 2.19. The normalized spacial score (nSPS) is 10.3. The second kappa shape index (κ2) is 5.48. The van der Waals surface area contributed by atoms with Crippen LogP contribution in [0.2, 0.25) is 0 Å². The lowest BCUT2D eigenvalue weighted by Gasteiger charge is -2.09. The van der Waals surface area contributed by atoms with Crippen molar-refractivity contribution in [1.82, 2.24) is 4.98 Å². The molecule has 2 rings (SSSR count). The number of hydrogen-bond acceptors (Lipinski definition) is 2. The summed E-state index contributed by atoms with van der Waals surface area (Å²) in [6.45, 7) is 3.44. The number of aryl methyl sites for hydroxylation is 2. The molecule has 0 atom stereocenters. The van der Waals surface area contributed by atoms with Gasteiger partial charge in [0.05, 0.1) is 5.56 Å². The largest absolute Gasteiger partial charge is 0.306 e. The van der Waals surface area contributed by atoms with E-state index in [0.717, 1.165) is 10.0 Å². The average Bonchev–Trinajstić information content (AvgIpc) is 2.36. The van der Waals surface area contributed by atoms with E-state index >= 15 is 0 Å². The smallest absolute Gasteiger partial charge is 0.259 e. The van der Waals surface area contributed by atoms with E-state index in [0.29, 0.717) is 11.4 Å². The Bertz CT molecular complexity index is 643. The fraction of sp³-hybridized carbons (Fsp3) is 0.143. The minimum absolute atomic E-state index is 0.0177. The number of anilines is 1. The number of benzene rings is 1. The molecule has 19 heavy (non-hydrogen) atoms. The topological polar surface area (TPSA) is 42.0 Å². The molecule has 98 valence electrons. The van der Waals surface area contributed by atoms with Gasteiger partial charge in [0, 0.05) is 10.7 Å². The van der Waals surface area contributed by atoms with Crippen LogP contribution in [-0.2, 0) is 0 Å². The number of rotatable bonds is 2. The third-order valence-corrected chi connectivity index (χ3v) is 3.15. The van der Waals surface area contributed by atoms with Crippen LogP contribution in [0.25, 0.3) is 0 Å². The first-order valence-electron chi connectivity index (χ1n) is 5.67. The highest BCUT2D eigenvalue weighted by molar-refractivity contribution is 9.10. The summed E-state index contributed by atoms with van der Waals surface area (Å²) in [5, 5.41) is 2.61. The Balaban J connectivity index is 2.28.